The van der Waals surface area contributed by atoms with Gasteiger partial charge in [0.2, 0.25) is 0 Å². The molecule has 1 fully saturated rings. The Bertz CT molecular complexity index is 818. The van der Waals surface area contributed by atoms with Gasteiger partial charge in [-0.15, -0.1) is 0 Å². The summed E-state index contributed by atoms with van der Waals surface area (Å²) >= 11 is 0. The van der Waals surface area contributed by atoms with Gasteiger partial charge in [-0.2, -0.15) is 13.2 Å². The number of rotatable bonds is 7. The van der Waals surface area contributed by atoms with Crippen LogP contribution in [0.3, 0.4) is 0 Å². The highest BCUT2D eigenvalue weighted by Gasteiger charge is 2.36. The van der Waals surface area contributed by atoms with Crippen LogP contribution in [0.2, 0.25) is 0 Å². The fraction of sp³-hybridized carbons (Fsp3) is 0.444. The number of carbonyl (C=O) groups excluding carboxylic acids is 2. The summed E-state index contributed by atoms with van der Waals surface area (Å²) in [6.45, 7) is -0.460. The van der Waals surface area contributed by atoms with E-state index < -0.39 is 23.6 Å². The standard InChI is InChI=1S/C18H19F3N2O5/c1-27-17(26)14-9-23(4-5-24)16(25)15(14)22-11-6-10(18(19,20)21)7-13(8-11)28-12-2-3-12/h6-8,12,22,24H,2-5,9H2,1H3. The summed E-state index contributed by atoms with van der Waals surface area (Å²) in [6.07, 6.45) is -3.19. The first kappa shape index (κ1) is 20.0. The average Bonchev–Trinajstić information content (AvgIpc) is 3.40. The van der Waals surface area contributed by atoms with E-state index in [1.54, 1.807) is 0 Å². The zero-order chi connectivity index (χ0) is 20.5. The quantitative estimate of drug-likeness (QED) is 0.680. The Morgan fingerprint density at radius 3 is 2.61 bits per heavy atom. The summed E-state index contributed by atoms with van der Waals surface area (Å²) in [4.78, 5) is 25.7. The lowest BCUT2D eigenvalue weighted by molar-refractivity contribution is -0.138. The number of carbonyl (C=O) groups is 2. The van der Waals surface area contributed by atoms with Crippen molar-refractivity contribution < 1.29 is 37.3 Å². The minimum Gasteiger partial charge on any atom is -0.490 e. The first-order chi connectivity index (χ1) is 13.2. The van der Waals surface area contributed by atoms with Gasteiger partial charge in [-0.05, 0) is 25.0 Å². The van der Waals surface area contributed by atoms with Crippen LogP contribution in [0.25, 0.3) is 0 Å². The van der Waals surface area contributed by atoms with Crippen molar-refractivity contribution in [3.8, 4) is 5.75 Å². The SMILES string of the molecule is COC(=O)C1=C(Nc2cc(OC3CC3)cc(C(F)(F)F)c2)C(=O)N(CCO)C1. The fourth-order valence-electron chi connectivity index (χ4n) is 2.77. The van der Waals surface area contributed by atoms with Crippen molar-refractivity contribution in [2.24, 2.45) is 0 Å². The summed E-state index contributed by atoms with van der Waals surface area (Å²) in [5.74, 6) is -1.37. The molecule has 28 heavy (non-hydrogen) atoms. The molecule has 7 nitrogen and oxygen atoms in total. The number of methoxy groups -OCH3 is 1. The molecule has 0 radical (unpaired) electrons. The van der Waals surface area contributed by atoms with Crippen LogP contribution in [0, 0.1) is 0 Å². The van der Waals surface area contributed by atoms with Crippen LogP contribution in [0.1, 0.15) is 18.4 Å². The molecule has 0 saturated heterocycles. The first-order valence-electron chi connectivity index (χ1n) is 8.60. The van der Waals surface area contributed by atoms with Gasteiger partial charge in [-0.25, -0.2) is 4.79 Å². The molecule has 1 heterocycles. The number of esters is 1. The summed E-state index contributed by atoms with van der Waals surface area (Å²) < 4.78 is 49.9. The summed E-state index contributed by atoms with van der Waals surface area (Å²) in [7, 11) is 1.14. The zero-order valence-electron chi connectivity index (χ0n) is 15.0. The van der Waals surface area contributed by atoms with Crippen LogP contribution in [-0.4, -0.2) is 54.8 Å². The van der Waals surface area contributed by atoms with Gasteiger partial charge >= 0.3 is 12.1 Å². The van der Waals surface area contributed by atoms with E-state index in [1.807, 2.05) is 0 Å². The highest BCUT2D eigenvalue weighted by Crippen LogP contribution is 2.37. The van der Waals surface area contributed by atoms with Gasteiger partial charge in [0.15, 0.2) is 0 Å². The number of alkyl halides is 3. The number of halogens is 3. The smallest absolute Gasteiger partial charge is 0.416 e. The molecular formula is C18H19F3N2O5. The minimum absolute atomic E-state index is 0.0247. The molecule has 1 aliphatic heterocycles. The maximum atomic E-state index is 13.2. The van der Waals surface area contributed by atoms with Gasteiger partial charge in [-0.3, -0.25) is 4.79 Å². The van der Waals surface area contributed by atoms with Gasteiger partial charge in [0.25, 0.3) is 5.91 Å². The predicted molar refractivity (Wildman–Crippen MR) is 91.4 cm³/mol. The number of nitrogens with one attached hydrogen (secondary N) is 1. The molecule has 0 atom stereocenters. The lowest BCUT2D eigenvalue weighted by Gasteiger charge is -2.16. The van der Waals surface area contributed by atoms with Crippen LogP contribution in [0.4, 0.5) is 18.9 Å². The number of aliphatic hydroxyl groups is 1. The molecule has 1 amide bonds. The molecule has 3 rings (SSSR count). The lowest BCUT2D eigenvalue weighted by atomic mass is 10.1. The van der Waals surface area contributed by atoms with Gasteiger partial charge < -0.3 is 24.8 Å². The Labute approximate surface area is 158 Å². The van der Waals surface area contributed by atoms with Crippen molar-refractivity contribution in [3.05, 3.63) is 35.0 Å². The number of β-amino-alcohol motifs (C(OH)–C–C–N with tert-alkyl or cyclic N) is 1. The van der Waals surface area contributed by atoms with E-state index in [9.17, 15) is 22.8 Å². The molecule has 1 saturated carbocycles. The van der Waals surface area contributed by atoms with Crippen molar-refractivity contribution in [2.45, 2.75) is 25.1 Å². The molecule has 10 heteroatoms. The highest BCUT2D eigenvalue weighted by atomic mass is 19.4. The van der Waals surface area contributed by atoms with Crippen molar-refractivity contribution in [3.63, 3.8) is 0 Å². The van der Waals surface area contributed by atoms with E-state index >= 15 is 0 Å². The van der Waals surface area contributed by atoms with Gasteiger partial charge in [0.05, 0.1) is 37.5 Å². The molecule has 0 aromatic heterocycles. The zero-order valence-corrected chi connectivity index (χ0v) is 15.0. The van der Waals surface area contributed by atoms with Crippen LogP contribution < -0.4 is 10.1 Å². The molecule has 1 aromatic carbocycles. The van der Waals surface area contributed by atoms with Crippen molar-refractivity contribution in [2.75, 3.05) is 32.1 Å². The van der Waals surface area contributed by atoms with Crippen molar-refractivity contribution in [1.29, 1.82) is 0 Å². The maximum Gasteiger partial charge on any atom is 0.416 e. The lowest BCUT2D eigenvalue weighted by Crippen LogP contribution is -2.31. The van der Waals surface area contributed by atoms with E-state index in [0.717, 1.165) is 32.1 Å². The summed E-state index contributed by atoms with van der Waals surface area (Å²) in [6, 6.07) is 3.08. The number of ether oxygens (including phenoxy) is 2. The van der Waals surface area contributed by atoms with Gasteiger partial charge in [0, 0.05) is 18.3 Å². The number of amides is 1. The van der Waals surface area contributed by atoms with Crippen molar-refractivity contribution >= 4 is 17.6 Å². The molecule has 0 unspecified atom stereocenters. The molecule has 0 spiro atoms. The van der Waals surface area contributed by atoms with Crippen LogP contribution in [0.5, 0.6) is 5.75 Å². The van der Waals surface area contributed by atoms with E-state index in [-0.39, 0.29) is 48.5 Å². The van der Waals surface area contributed by atoms with Crippen LogP contribution in [-0.2, 0) is 20.5 Å². The topological polar surface area (TPSA) is 88.1 Å². The van der Waals surface area contributed by atoms with Crippen molar-refractivity contribution in [1.82, 2.24) is 4.90 Å². The molecule has 2 N–H and O–H groups in total. The third-order valence-corrected chi connectivity index (χ3v) is 4.28. The van der Waals surface area contributed by atoms with Crippen LogP contribution in [0.15, 0.2) is 29.5 Å². The molecule has 1 aliphatic carbocycles. The Morgan fingerprint density at radius 2 is 2.04 bits per heavy atom. The number of aliphatic hydroxyl groups excluding tert-OH is 1. The predicted octanol–water partition coefficient (Wildman–Crippen LogP) is 1.92. The van der Waals surface area contributed by atoms with E-state index in [4.69, 9.17) is 9.84 Å². The molecule has 0 bridgehead atoms. The Morgan fingerprint density at radius 1 is 1.32 bits per heavy atom. The number of anilines is 1. The third-order valence-electron chi connectivity index (χ3n) is 4.28. The number of hydrogen-bond donors (Lipinski definition) is 2. The van der Waals surface area contributed by atoms with E-state index in [1.165, 1.54) is 11.0 Å². The van der Waals surface area contributed by atoms with Gasteiger partial charge in [-0.1, -0.05) is 0 Å². The largest absolute Gasteiger partial charge is 0.490 e. The summed E-state index contributed by atoms with van der Waals surface area (Å²) in [5.41, 5.74) is -1.19. The Balaban J connectivity index is 1.95. The van der Waals surface area contributed by atoms with E-state index in [0.29, 0.717) is 0 Å². The third kappa shape index (κ3) is 4.38. The second kappa shape index (κ2) is 7.70. The molecule has 1 aromatic rings. The normalized spacial score (nSPS) is 17.2. The number of nitrogens with zero attached hydrogens (tertiary/aromatic N) is 1. The fourth-order valence-corrected chi connectivity index (χ4v) is 2.77. The Kier molecular flexibility index (Phi) is 5.50. The first-order valence-corrected chi connectivity index (χ1v) is 8.60. The second-order valence-corrected chi connectivity index (χ2v) is 6.48. The minimum atomic E-state index is -4.61. The second-order valence-electron chi connectivity index (χ2n) is 6.48. The summed E-state index contributed by atoms with van der Waals surface area (Å²) in [5, 5.41) is 11.7. The highest BCUT2D eigenvalue weighted by molar-refractivity contribution is 6.08. The Hall–Kier alpha value is -2.75. The molecule has 2 aliphatic rings. The number of benzene rings is 1. The molecule has 152 valence electrons. The van der Waals surface area contributed by atoms with Crippen LogP contribution >= 0.6 is 0 Å². The number of hydrogen-bond acceptors (Lipinski definition) is 6. The average molecular weight is 400 g/mol. The van der Waals surface area contributed by atoms with Gasteiger partial charge in [0.1, 0.15) is 11.4 Å². The van der Waals surface area contributed by atoms with E-state index in [2.05, 4.69) is 10.1 Å². The molecular weight excluding hydrogens is 381 g/mol. The maximum absolute atomic E-state index is 13.2. The monoisotopic (exact) mass is 400 g/mol.